The molecule has 2 aromatic carbocycles. The molecule has 1 heterocycles. The molecule has 3 aromatic rings. The molecule has 0 atom stereocenters. The molecular weight excluding hydrogens is 383 g/mol. The van der Waals surface area contributed by atoms with E-state index < -0.39 is 29.8 Å². The first-order chi connectivity index (χ1) is 13.6. The topological polar surface area (TPSA) is 64.0 Å². The number of halogens is 3. The number of para-hydroxylation sites is 1. The third-order valence-electron chi connectivity index (χ3n) is 4.32. The van der Waals surface area contributed by atoms with Crippen molar-refractivity contribution in [3.63, 3.8) is 0 Å². The highest BCUT2D eigenvalue weighted by molar-refractivity contribution is 5.91. The van der Waals surface area contributed by atoms with Gasteiger partial charge in [-0.3, -0.25) is 9.59 Å². The largest absolute Gasteiger partial charge is 0.418 e. The second-order valence-electron chi connectivity index (χ2n) is 6.62. The highest BCUT2D eigenvalue weighted by Crippen LogP contribution is 2.34. The number of rotatable bonds is 4. The van der Waals surface area contributed by atoms with E-state index in [2.05, 4.69) is 10.4 Å². The van der Waals surface area contributed by atoms with Gasteiger partial charge < -0.3 is 5.32 Å². The number of benzene rings is 2. The van der Waals surface area contributed by atoms with Crippen LogP contribution in [0.25, 0.3) is 11.3 Å². The van der Waals surface area contributed by atoms with Gasteiger partial charge in [-0.1, -0.05) is 35.9 Å². The van der Waals surface area contributed by atoms with Gasteiger partial charge in [0.05, 0.1) is 16.9 Å². The Kier molecular flexibility index (Phi) is 5.54. The van der Waals surface area contributed by atoms with Gasteiger partial charge in [0.15, 0.2) is 0 Å². The molecule has 0 bridgehead atoms. The van der Waals surface area contributed by atoms with Gasteiger partial charge in [0, 0.05) is 11.6 Å². The van der Waals surface area contributed by atoms with Crippen LogP contribution in [0.2, 0.25) is 0 Å². The fourth-order valence-electron chi connectivity index (χ4n) is 2.97. The molecule has 0 fully saturated rings. The lowest BCUT2D eigenvalue weighted by molar-refractivity contribution is -0.137. The number of nitrogens with one attached hydrogen (secondary N) is 1. The Morgan fingerprint density at radius 1 is 1.07 bits per heavy atom. The van der Waals surface area contributed by atoms with Gasteiger partial charge in [-0.25, -0.2) is 4.68 Å². The first kappa shape index (κ1) is 20.3. The number of aromatic nitrogens is 2. The molecule has 1 amide bonds. The molecule has 0 saturated heterocycles. The van der Waals surface area contributed by atoms with Gasteiger partial charge in [0.1, 0.15) is 6.54 Å². The summed E-state index contributed by atoms with van der Waals surface area (Å²) >= 11 is 0. The van der Waals surface area contributed by atoms with Gasteiger partial charge >= 0.3 is 6.18 Å². The van der Waals surface area contributed by atoms with E-state index in [0.717, 1.165) is 33.5 Å². The zero-order valence-electron chi connectivity index (χ0n) is 15.7. The first-order valence-corrected chi connectivity index (χ1v) is 8.77. The maximum Gasteiger partial charge on any atom is 0.418 e. The summed E-state index contributed by atoms with van der Waals surface area (Å²) in [5.74, 6) is -0.783. The van der Waals surface area contributed by atoms with Crippen LogP contribution >= 0.6 is 0 Å². The van der Waals surface area contributed by atoms with E-state index in [9.17, 15) is 22.8 Å². The summed E-state index contributed by atoms with van der Waals surface area (Å²) in [6, 6.07) is 13.2. The first-order valence-electron chi connectivity index (χ1n) is 8.77. The Labute approximate surface area is 164 Å². The van der Waals surface area contributed by atoms with Crippen molar-refractivity contribution in [2.45, 2.75) is 26.6 Å². The van der Waals surface area contributed by atoms with Gasteiger partial charge in [0.2, 0.25) is 5.91 Å². The van der Waals surface area contributed by atoms with E-state index >= 15 is 0 Å². The normalized spacial score (nSPS) is 11.3. The Morgan fingerprint density at radius 2 is 1.79 bits per heavy atom. The number of alkyl halides is 3. The van der Waals surface area contributed by atoms with E-state index in [-0.39, 0.29) is 5.69 Å². The van der Waals surface area contributed by atoms with Crippen molar-refractivity contribution in [1.29, 1.82) is 0 Å². The second kappa shape index (κ2) is 7.90. The minimum absolute atomic E-state index is 0.372. The molecule has 0 unspecified atom stereocenters. The summed E-state index contributed by atoms with van der Waals surface area (Å²) in [5, 5.41) is 6.42. The van der Waals surface area contributed by atoms with Crippen molar-refractivity contribution in [2.75, 3.05) is 5.32 Å². The smallest absolute Gasteiger partial charge is 0.324 e. The third-order valence-corrected chi connectivity index (χ3v) is 4.32. The van der Waals surface area contributed by atoms with Crippen LogP contribution in [-0.2, 0) is 17.5 Å². The van der Waals surface area contributed by atoms with Crippen LogP contribution in [0.15, 0.2) is 59.4 Å². The quantitative estimate of drug-likeness (QED) is 0.713. The third kappa shape index (κ3) is 4.71. The summed E-state index contributed by atoms with van der Waals surface area (Å²) in [5.41, 5.74) is 1.45. The molecule has 150 valence electrons. The van der Waals surface area contributed by atoms with Crippen LogP contribution < -0.4 is 10.9 Å². The number of aryl methyl sites for hydroxylation is 2. The van der Waals surface area contributed by atoms with Crippen LogP contribution in [-0.4, -0.2) is 15.7 Å². The minimum atomic E-state index is -4.61. The monoisotopic (exact) mass is 401 g/mol. The SMILES string of the molecule is Cc1ccc(-c2ccc(=O)n(CC(=O)Nc3ccccc3C(F)(F)F)n2)c(C)c1. The van der Waals surface area contributed by atoms with Crippen LogP contribution in [0.5, 0.6) is 0 Å². The number of anilines is 1. The maximum atomic E-state index is 13.1. The average molecular weight is 401 g/mol. The van der Waals surface area contributed by atoms with Gasteiger partial charge in [0.25, 0.3) is 5.56 Å². The molecule has 0 radical (unpaired) electrons. The van der Waals surface area contributed by atoms with Crippen LogP contribution in [0, 0.1) is 13.8 Å². The molecular formula is C21H18F3N3O2. The Bertz CT molecular complexity index is 1120. The zero-order valence-corrected chi connectivity index (χ0v) is 15.7. The molecule has 29 heavy (non-hydrogen) atoms. The molecule has 0 saturated carbocycles. The number of carbonyl (C=O) groups excluding carboxylic acids is 1. The van der Waals surface area contributed by atoms with Crippen molar-refractivity contribution in [3.8, 4) is 11.3 Å². The summed E-state index contributed by atoms with van der Waals surface area (Å²) < 4.78 is 40.2. The fourth-order valence-corrected chi connectivity index (χ4v) is 2.97. The number of nitrogens with zero attached hydrogens (tertiary/aromatic N) is 2. The highest BCUT2D eigenvalue weighted by Gasteiger charge is 2.33. The Hall–Kier alpha value is -3.42. The number of hydrogen-bond donors (Lipinski definition) is 1. The lowest BCUT2D eigenvalue weighted by atomic mass is 10.0. The van der Waals surface area contributed by atoms with Crippen molar-refractivity contribution < 1.29 is 18.0 Å². The molecule has 5 nitrogen and oxygen atoms in total. The number of amides is 1. The summed E-state index contributed by atoms with van der Waals surface area (Å²) in [4.78, 5) is 24.4. The van der Waals surface area contributed by atoms with Gasteiger partial charge in [-0.15, -0.1) is 0 Å². The molecule has 1 aromatic heterocycles. The average Bonchev–Trinajstić information content (AvgIpc) is 2.63. The molecule has 0 spiro atoms. The molecule has 8 heteroatoms. The van der Waals surface area contributed by atoms with E-state index in [1.807, 2.05) is 32.0 Å². The fraction of sp³-hybridized carbons (Fsp3) is 0.190. The van der Waals surface area contributed by atoms with Crippen LogP contribution in [0.4, 0.5) is 18.9 Å². The lowest BCUT2D eigenvalue weighted by Gasteiger charge is -2.14. The second-order valence-corrected chi connectivity index (χ2v) is 6.62. The van der Waals surface area contributed by atoms with Crippen molar-refractivity contribution >= 4 is 11.6 Å². The van der Waals surface area contributed by atoms with E-state index in [1.165, 1.54) is 18.2 Å². The lowest BCUT2D eigenvalue weighted by Crippen LogP contribution is -2.29. The van der Waals surface area contributed by atoms with Crippen LogP contribution in [0.1, 0.15) is 16.7 Å². The Balaban J connectivity index is 1.86. The number of carbonyl (C=O) groups is 1. The van der Waals surface area contributed by atoms with Crippen LogP contribution in [0.3, 0.4) is 0 Å². The van der Waals surface area contributed by atoms with Crippen molar-refractivity contribution in [2.24, 2.45) is 0 Å². The minimum Gasteiger partial charge on any atom is -0.324 e. The van der Waals surface area contributed by atoms with Gasteiger partial charge in [-0.05, 0) is 37.6 Å². The summed E-state index contributed by atoms with van der Waals surface area (Å²) in [6.45, 7) is 3.35. The predicted octanol–water partition coefficient (Wildman–Crippen LogP) is 4.18. The maximum absolute atomic E-state index is 13.1. The molecule has 0 aliphatic heterocycles. The summed E-state index contributed by atoms with van der Waals surface area (Å²) in [7, 11) is 0. The molecule has 1 N–H and O–H groups in total. The predicted molar refractivity (Wildman–Crippen MR) is 103 cm³/mol. The highest BCUT2D eigenvalue weighted by atomic mass is 19.4. The van der Waals surface area contributed by atoms with Crippen molar-refractivity contribution in [3.05, 3.63) is 81.6 Å². The molecule has 0 aliphatic rings. The van der Waals surface area contributed by atoms with Gasteiger partial charge in [-0.2, -0.15) is 18.3 Å². The molecule has 3 rings (SSSR count). The summed E-state index contributed by atoms with van der Waals surface area (Å²) in [6.07, 6.45) is -4.61. The van der Waals surface area contributed by atoms with E-state index in [1.54, 1.807) is 6.07 Å². The number of hydrogen-bond acceptors (Lipinski definition) is 3. The Morgan fingerprint density at radius 3 is 2.48 bits per heavy atom. The van der Waals surface area contributed by atoms with E-state index in [4.69, 9.17) is 0 Å². The van der Waals surface area contributed by atoms with Crippen molar-refractivity contribution in [1.82, 2.24) is 9.78 Å². The molecule has 0 aliphatic carbocycles. The zero-order chi connectivity index (χ0) is 21.2. The standard InChI is InChI=1S/C21H18F3N3O2/c1-13-7-8-15(14(2)11-13)17-9-10-20(29)27(26-17)12-19(28)25-18-6-4-3-5-16(18)21(22,23)24/h3-11H,12H2,1-2H3,(H,25,28). The van der Waals surface area contributed by atoms with E-state index in [0.29, 0.717) is 5.69 Å².